The minimum absolute atomic E-state index is 0.133. The van der Waals surface area contributed by atoms with Crippen molar-refractivity contribution in [2.24, 2.45) is 5.92 Å². The average molecular weight is 291 g/mol. The van der Waals surface area contributed by atoms with Crippen molar-refractivity contribution < 1.29 is 14.6 Å². The lowest BCUT2D eigenvalue weighted by Gasteiger charge is -2.33. The van der Waals surface area contributed by atoms with E-state index in [0.717, 1.165) is 36.4 Å². The lowest BCUT2D eigenvalue weighted by atomic mass is 9.86. The molecule has 1 fully saturated rings. The first-order chi connectivity index (χ1) is 10.3. The van der Waals surface area contributed by atoms with Gasteiger partial charge in [-0.05, 0) is 43.0 Å². The Morgan fingerprint density at radius 2 is 2.10 bits per heavy atom. The van der Waals surface area contributed by atoms with E-state index >= 15 is 0 Å². The molecule has 0 bridgehead atoms. The van der Waals surface area contributed by atoms with Crippen LogP contribution in [0, 0.1) is 5.92 Å². The fraction of sp³-hybridized carbons (Fsp3) is 0.647. The SMILES string of the molecule is CCC1CCNC(C(O)c2ccc3c(c2)OCCCO3)C1. The van der Waals surface area contributed by atoms with Crippen LogP contribution in [0.5, 0.6) is 11.5 Å². The Labute approximate surface area is 126 Å². The maximum absolute atomic E-state index is 10.7. The second-order valence-corrected chi connectivity index (χ2v) is 6.06. The van der Waals surface area contributed by atoms with Crippen molar-refractivity contribution in [1.82, 2.24) is 5.32 Å². The van der Waals surface area contributed by atoms with Gasteiger partial charge in [-0.15, -0.1) is 0 Å². The maximum Gasteiger partial charge on any atom is 0.161 e. The van der Waals surface area contributed by atoms with E-state index in [0.29, 0.717) is 19.1 Å². The van der Waals surface area contributed by atoms with Crippen molar-refractivity contribution in [1.29, 1.82) is 0 Å². The molecule has 3 atom stereocenters. The van der Waals surface area contributed by atoms with Gasteiger partial charge in [-0.2, -0.15) is 0 Å². The molecular weight excluding hydrogens is 266 g/mol. The van der Waals surface area contributed by atoms with Crippen molar-refractivity contribution in [3.63, 3.8) is 0 Å². The Morgan fingerprint density at radius 1 is 1.29 bits per heavy atom. The standard InChI is InChI=1S/C17H25NO3/c1-2-12-6-7-18-14(10-12)17(19)13-4-5-15-16(11-13)21-9-3-8-20-15/h4-5,11-12,14,17-19H,2-3,6-10H2,1H3. The fourth-order valence-electron chi connectivity index (χ4n) is 3.24. The quantitative estimate of drug-likeness (QED) is 0.899. The van der Waals surface area contributed by atoms with E-state index in [-0.39, 0.29) is 6.04 Å². The van der Waals surface area contributed by atoms with Crippen LogP contribution in [0.4, 0.5) is 0 Å². The van der Waals surface area contributed by atoms with Gasteiger partial charge in [0.2, 0.25) is 0 Å². The van der Waals surface area contributed by atoms with Gasteiger partial charge in [0.1, 0.15) is 0 Å². The van der Waals surface area contributed by atoms with Gasteiger partial charge in [0.15, 0.2) is 11.5 Å². The largest absolute Gasteiger partial charge is 0.490 e. The molecule has 0 spiro atoms. The van der Waals surface area contributed by atoms with Crippen molar-refractivity contribution >= 4 is 0 Å². The molecule has 4 nitrogen and oxygen atoms in total. The Hall–Kier alpha value is -1.26. The maximum atomic E-state index is 10.7. The van der Waals surface area contributed by atoms with Crippen LogP contribution < -0.4 is 14.8 Å². The van der Waals surface area contributed by atoms with Crippen LogP contribution in [0.1, 0.15) is 44.3 Å². The molecule has 0 aromatic heterocycles. The highest BCUT2D eigenvalue weighted by atomic mass is 16.5. The number of hydrogen-bond acceptors (Lipinski definition) is 4. The first-order valence-electron chi connectivity index (χ1n) is 8.09. The first-order valence-corrected chi connectivity index (χ1v) is 8.09. The summed E-state index contributed by atoms with van der Waals surface area (Å²) in [6.07, 6.45) is 3.84. The van der Waals surface area contributed by atoms with Crippen LogP contribution in [0.3, 0.4) is 0 Å². The van der Waals surface area contributed by atoms with Crippen molar-refractivity contribution in [2.75, 3.05) is 19.8 Å². The number of aliphatic hydroxyl groups excluding tert-OH is 1. The molecule has 21 heavy (non-hydrogen) atoms. The number of hydrogen-bond donors (Lipinski definition) is 2. The molecule has 4 heteroatoms. The first kappa shape index (κ1) is 14.7. The minimum Gasteiger partial charge on any atom is -0.490 e. The molecule has 3 rings (SSSR count). The van der Waals surface area contributed by atoms with Gasteiger partial charge in [-0.1, -0.05) is 19.4 Å². The molecular formula is C17H25NO3. The molecule has 2 aliphatic rings. The summed E-state index contributed by atoms with van der Waals surface area (Å²) in [7, 11) is 0. The molecule has 116 valence electrons. The van der Waals surface area contributed by atoms with Gasteiger partial charge < -0.3 is 19.9 Å². The molecule has 1 aromatic carbocycles. The summed E-state index contributed by atoms with van der Waals surface area (Å²) in [4.78, 5) is 0. The number of aliphatic hydroxyl groups is 1. The second-order valence-electron chi connectivity index (χ2n) is 6.06. The van der Waals surface area contributed by atoms with E-state index in [2.05, 4.69) is 12.2 Å². The summed E-state index contributed by atoms with van der Waals surface area (Å²) in [5, 5.41) is 14.1. The molecule has 1 aromatic rings. The monoisotopic (exact) mass is 291 g/mol. The molecule has 2 heterocycles. The topological polar surface area (TPSA) is 50.7 Å². The zero-order chi connectivity index (χ0) is 14.7. The third kappa shape index (κ3) is 3.33. The van der Waals surface area contributed by atoms with Gasteiger partial charge >= 0.3 is 0 Å². The second kappa shape index (κ2) is 6.67. The van der Waals surface area contributed by atoms with Crippen LogP contribution in [0.25, 0.3) is 0 Å². The highest BCUT2D eigenvalue weighted by Crippen LogP contribution is 2.34. The number of rotatable bonds is 3. The van der Waals surface area contributed by atoms with E-state index in [4.69, 9.17) is 9.47 Å². The molecule has 2 aliphatic heterocycles. The normalized spacial score (nSPS) is 27.0. The van der Waals surface area contributed by atoms with Crippen molar-refractivity contribution in [3.8, 4) is 11.5 Å². The molecule has 0 radical (unpaired) electrons. The van der Waals surface area contributed by atoms with Gasteiger partial charge in [0.05, 0.1) is 19.3 Å². The van der Waals surface area contributed by atoms with Crippen LogP contribution in [-0.2, 0) is 0 Å². The van der Waals surface area contributed by atoms with Crippen molar-refractivity contribution in [2.45, 2.75) is 44.8 Å². The Balaban J connectivity index is 1.75. The Kier molecular flexibility index (Phi) is 4.66. The molecule has 0 saturated carbocycles. The van der Waals surface area contributed by atoms with Crippen LogP contribution >= 0.6 is 0 Å². The number of fused-ring (bicyclic) bond motifs is 1. The van der Waals surface area contributed by atoms with Crippen molar-refractivity contribution in [3.05, 3.63) is 23.8 Å². The summed E-state index contributed by atoms with van der Waals surface area (Å²) in [5.74, 6) is 2.25. The Bertz CT molecular complexity index is 477. The molecule has 3 unspecified atom stereocenters. The van der Waals surface area contributed by atoms with Gasteiger partial charge in [-0.25, -0.2) is 0 Å². The van der Waals surface area contributed by atoms with E-state index in [1.807, 2.05) is 18.2 Å². The number of piperidine rings is 1. The predicted octanol–water partition coefficient (Wildman–Crippen LogP) is 2.66. The zero-order valence-corrected chi connectivity index (χ0v) is 12.7. The minimum atomic E-state index is -0.489. The van der Waals surface area contributed by atoms with Gasteiger partial charge in [0.25, 0.3) is 0 Å². The van der Waals surface area contributed by atoms with E-state index in [1.54, 1.807) is 0 Å². The average Bonchev–Trinajstić information content (AvgIpc) is 2.78. The third-order valence-corrected chi connectivity index (χ3v) is 4.62. The summed E-state index contributed by atoms with van der Waals surface area (Å²) in [5.41, 5.74) is 0.911. The molecule has 0 amide bonds. The van der Waals surface area contributed by atoms with Gasteiger partial charge in [-0.3, -0.25) is 0 Å². The van der Waals surface area contributed by atoms with E-state index < -0.39 is 6.10 Å². The van der Waals surface area contributed by atoms with E-state index in [9.17, 15) is 5.11 Å². The summed E-state index contributed by atoms with van der Waals surface area (Å²) >= 11 is 0. The molecule has 0 aliphatic carbocycles. The number of ether oxygens (including phenoxy) is 2. The highest BCUT2D eigenvalue weighted by Gasteiger charge is 2.27. The van der Waals surface area contributed by atoms with Gasteiger partial charge in [0, 0.05) is 12.5 Å². The predicted molar refractivity (Wildman–Crippen MR) is 81.8 cm³/mol. The zero-order valence-electron chi connectivity index (χ0n) is 12.7. The fourth-order valence-corrected chi connectivity index (χ4v) is 3.24. The smallest absolute Gasteiger partial charge is 0.161 e. The number of benzene rings is 1. The van der Waals surface area contributed by atoms with E-state index in [1.165, 1.54) is 12.8 Å². The molecule has 1 saturated heterocycles. The number of nitrogens with one attached hydrogen (secondary N) is 1. The lowest BCUT2D eigenvalue weighted by Crippen LogP contribution is -2.42. The third-order valence-electron chi connectivity index (χ3n) is 4.62. The lowest BCUT2D eigenvalue weighted by molar-refractivity contribution is 0.0976. The van der Waals surface area contributed by atoms with Crippen LogP contribution in [0.2, 0.25) is 0 Å². The summed E-state index contributed by atoms with van der Waals surface area (Å²) in [6.45, 7) is 4.58. The van der Waals surface area contributed by atoms with Crippen LogP contribution in [-0.4, -0.2) is 30.9 Å². The molecule has 2 N–H and O–H groups in total. The summed E-state index contributed by atoms with van der Waals surface area (Å²) in [6, 6.07) is 5.94. The highest BCUT2D eigenvalue weighted by molar-refractivity contribution is 5.44. The van der Waals surface area contributed by atoms with Crippen LogP contribution in [0.15, 0.2) is 18.2 Å². The Morgan fingerprint density at radius 3 is 2.90 bits per heavy atom. The summed E-state index contributed by atoms with van der Waals surface area (Å²) < 4.78 is 11.4.